The lowest BCUT2D eigenvalue weighted by atomic mass is 10.2. The van der Waals surface area contributed by atoms with Gasteiger partial charge in [0.15, 0.2) is 5.65 Å². The summed E-state index contributed by atoms with van der Waals surface area (Å²) in [6.07, 6.45) is 5.10. The third-order valence-electron chi connectivity index (χ3n) is 4.65. The second-order valence-corrected chi connectivity index (χ2v) is 8.93. The Morgan fingerprint density at radius 3 is 2.77 bits per heavy atom. The van der Waals surface area contributed by atoms with Crippen molar-refractivity contribution in [3.63, 3.8) is 0 Å². The molecule has 4 aromatic rings. The highest BCUT2D eigenvalue weighted by Gasteiger charge is 2.16. The maximum Gasteiger partial charge on any atom is 0.350 e. The number of carbonyl (C=O) groups excluding carboxylic acids is 1. The summed E-state index contributed by atoms with van der Waals surface area (Å²) in [5.41, 5.74) is 3.04. The first-order valence-corrected chi connectivity index (χ1v) is 11.6. The lowest BCUT2D eigenvalue weighted by Gasteiger charge is -2.06. The van der Waals surface area contributed by atoms with Crippen LogP contribution in [0.1, 0.15) is 11.1 Å². The Kier molecular flexibility index (Phi) is 6.15. The largest absolute Gasteiger partial charge is 0.350 e. The molecule has 0 aliphatic heterocycles. The number of carbonyl (C=O) groups is 1. The van der Waals surface area contributed by atoms with Gasteiger partial charge in [-0.25, -0.2) is 18.9 Å². The molecular weight excluding hydrogens is 430 g/mol. The Labute approximate surface area is 187 Å². The number of aromatic nitrogens is 4. The van der Waals surface area contributed by atoms with Crippen LogP contribution in [0.2, 0.25) is 0 Å². The first kappa shape index (κ1) is 21.2. The molecule has 0 bridgehead atoms. The number of rotatable bonds is 6. The maximum absolute atomic E-state index is 12.8. The number of hydrogen-bond donors (Lipinski definition) is 1. The number of nitrogens with zero attached hydrogens (tertiary/aromatic N) is 4. The molecule has 2 aromatic heterocycles. The van der Waals surface area contributed by atoms with Crippen LogP contribution in [0, 0.1) is 13.8 Å². The average Bonchev–Trinajstić information content (AvgIpc) is 3.06. The molecule has 9 heteroatoms. The Balaban J connectivity index is 1.59. The summed E-state index contributed by atoms with van der Waals surface area (Å²) in [4.78, 5) is 31.8. The molecule has 2 heterocycles. The van der Waals surface area contributed by atoms with Gasteiger partial charge in [0.05, 0.1) is 0 Å². The number of amides is 1. The van der Waals surface area contributed by atoms with Crippen LogP contribution in [0.3, 0.4) is 0 Å². The molecule has 7 nitrogen and oxygen atoms in total. The van der Waals surface area contributed by atoms with Gasteiger partial charge in [0, 0.05) is 27.9 Å². The maximum atomic E-state index is 12.8. The SMILES string of the molecule is CSc1cccc(NC(=O)Cn2nc3c(Sc4ccc(C)cc4C)nccn3c2=O)c1. The summed E-state index contributed by atoms with van der Waals surface area (Å²) in [6, 6.07) is 13.7. The highest BCUT2D eigenvalue weighted by molar-refractivity contribution is 7.99. The molecule has 1 N–H and O–H groups in total. The van der Waals surface area contributed by atoms with Crippen molar-refractivity contribution in [2.24, 2.45) is 0 Å². The zero-order valence-corrected chi connectivity index (χ0v) is 19.0. The van der Waals surface area contributed by atoms with Gasteiger partial charge in [0.1, 0.15) is 11.6 Å². The van der Waals surface area contributed by atoms with E-state index in [1.807, 2.05) is 56.5 Å². The van der Waals surface area contributed by atoms with Crippen LogP contribution in [0.15, 0.2) is 74.5 Å². The quantitative estimate of drug-likeness (QED) is 0.446. The van der Waals surface area contributed by atoms with Crippen molar-refractivity contribution in [2.75, 3.05) is 11.6 Å². The molecule has 0 aliphatic carbocycles. The van der Waals surface area contributed by atoms with Crippen molar-refractivity contribution < 1.29 is 4.79 Å². The van der Waals surface area contributed by atoms with Gasteiger partial charge >= 0.3 is 5.69 Å². The summed E-state index contributed by atoms with van der Waals surface area (Å²) in [6.45, 7) is 3.90. The topological polar surface area (TPSA) is 81.3 Å². The Bertz CT molecular complexity index is 1330. The van der Waals surface area contributed by atoms with Crippen LogP contribution in [-0.4, -0.2) is 31.3 Å². The molecule has 31 heavy (non-hydrogen) atoms. The average molecular weight is 452 g/mol. The molecular formula is C22H21N5O2S2. The van der Waals surface area contributed by atoms with E-state index in [0.717, 1.165) is 20.0 Å². The van der Waals surface area contributed by atoms with Gasteiger partial charge in [-0.15, -0.1) is 16.9 Å². The van der Waals surface area contributed by atoms with E-state index in [-0.39, 0.29) is 18.1 Å². The molecule has 158 valence electrons. The molecule has 0 fully saturated rings. The van der Waals surface area contributed by atoms with E-state index in [9.17, 15) is 9.59 Å². The number of thioether (sulfide) groups is 1. The van der Waals surface area contributed by atoms with E-state index in [0.29, 0.717) is 16.4 Å². The van der Waals surface area contributed by atoms with Crippen molar-refractivity contribution in [3.8, 4) is 0 Å². The van der Waals surface area contributed by atoms with Gasteiger partial charge in [0.25, 0.3) is 0 Å². The van der Waals surface area contributed by atoms with Gasteiger partial charge in [-0.1, -0.05) is 35.5 Å². The van der Waals surface area contributed by atoms with Gasteiger partial charge in [-0.2, -0.15) is 0 Å². The third kappa shape index (κ3) is 4.67. The molecule has 0 unspecified atom stereocenters. The van der Waals surface area contributed by atoms with Crippen LogP contribution >= 0.6 is 23.5 Å². The number of aryl methyl sites for hydroxylation is 2. The third-order valence-corrected chi connectivity index (χ3v) is 6.54. The van der Waals surface area contributed by atoms with Gasteiger partial charge in [-0.05, 0) is 49.9 Å². The minimum absolute atomic E-state index is 0.183. The summed E-state index contributed by atoms with van der Waals surface area (Å²) in [5.74, 6) is -0.319. The highest BCUT2D eigenvalue weighted by atomic mass is 32.2. The van der Waals surface area contributed by atoms with Crippen LogP contribution in [0.4, 0.5) is 5.69 Å². The zero-order chi connectivity index (χ0) is 22.0. The molecule has 0 saturated carbocycles. The van der Waals surface area contributed by atoms with Gasteiger partial charge in [-0.3, -0.25) is 4.79 Å². The van der Waals surface area contributed by atoms with Gasteiger partial charge in [0.2, 0.25) is 5.91 Å². The molecule has 0 saturated heterocycles. The fraction of sp³-hybridized carbons (Fsp3) is 0.182. The Morgan fingerprint density at radius 2 is 2.00 bits per heavy atom. The normalized spacial score (nSPS) is 11.1. The van der Waals surface area contributed by atoms with Crippen molar-refractivity contribution in [2.45, 2.75) is 35.2 Å². The minimum atomic E-state index is -0.382. The zero-order valence-electron chi connectivity index (χ0n) is 17.3. The predicted octanol–water partition coefficient (Wildman–Crippen LogP) is 4.02. The van der Waals surface area contributed by atoms with E-state index in [2.05, 4.69) is 21.5 Å². The Morgan fingerprint density at radius 1 is 1.16 bits per heavy atom. The lowest BCUT2D eigenvalue weighted by molar-refractivity contribution is -0.117. The van der Waals surface area contributed by atoms with Crippen molar-refractivity contribution >= 4 is 40.8 Å². The van der Waals surface area contributed by atoms with E-state index in [4.69, 9.17) is 0 Å². The van der Waals surface area contributed by atoms with Crippen molar-refractivity contribution in [1.82, 2.24) is 19.2 Å². The summed E-state index contributed by atoms with van der Waals surface area (Å²) >= 11 is 3.04. The highest BCUT2D eigenvalue weighted by Crippen LogP contribution is 2.31. The van der Waals surface area contributed by atoms with Gasteiger partial charge < -0.3 is 5.32 Å². The standard InChI is InChI=1S/C22H21N5O2S2/c1-14-7-8-18(15(2)11-14)31-21-20-25-27(22(29)26(20)10-9-23-21)13-19(28)24-16-5-4-6-17(12-16)30-3/h4-12H,13H2,1-3H3,(H,24,28). The Hall–Kier alpha value is -3.04. The van der Waals surface area contributed by atoms with Crippen LogP contribution in [0.25, 0.3) is 5.65 Å². The molecule has 0 spiro atoms. The summed E-state index contributed by atoms with van der Waals surface area (Å²) < 4.78 is 2.58. The summed E-state index contributed by atoms with van der Waals surface area (Å²) in [7, 11) is 0. The first-order valence-electron chi connectivity index (χ1n) is 9.58. The number of anilines is 1. The number of fused-ring (bicyclic) bond motifs is 1. The molecule has 1 amide bonds. The number of benzene rings is 2. The first-order chi connectivity index (χ1) is 14.9. The van der Waals surface area contributed by atoms with Crippen LogP contribution < -0.4 is 11.0 Å². The molecule has 0 aliphatic rings. The molecule has 0 atom stereocenters. The van der Waals surface area contributed by atoms with E-state index >= 15 is 0 Å². The fourth-order valence-corrected chi connectivity index (χ4v) is 4.52. The van der Waals surface area contributed by atoms with Crippen molar-refractivity contribution in [1.29, 1.82) is 0 Å². The van der Waals surface area contributed by atoms with E-state index in [1.165, 1.54) is 21.7 Å². The monoisotopic (exact) mass is 451 g/mol. The number of hydrogen-bond acceptors (Lipinski definition) is 6. The van der Waals surface area contributed by atoms with E-state index in [1.54, 1.807) is 24.2 Å². The fourth-order valence-electron chi connectivity index (χ4n) is 3.16. The summed E-state index contributed by atoms with van der Waals surface area (Å²) in [5, 5.41) is 7.82. The second kappa shape index (κ2) is 8.99. The molecule has 4 rings (SSSR count). The van der Waals surface area contributed by atoms with E-state index < -0.39 is 0 Å². The van der Waals surface area contributed by atoms with Crippen LogP contribution in [-0.2, 0) is 11.3 Å². The molecule has 0 radical (unpaired) electrons. The number of nitrogens with one attached hydrogen (secondary N) is 1. The predicted molar refractivity (Wildman–Crippen MR) is 124 cm³/mol. The smallest absolute Gasteiger partial charge is 0.324 e. The molecule has 2 aromatic carbocycles. The minimum Gasteiger partial charge on any atom is -0.324 e. The lowest BCUT2D eigenvalue weighted by Crippen LogP contribution is -2.28. The second-order valence-electron chi connectivity index (χ2n) is 7.02. The van der Waals surface area contributed by atoms with Crippen molar-refractivity contribution in [3.05, 3.63) is 76.5 Å². The van der Waals surface area contributed by atoms with Crippen LogP contribution in [0.5, 0.6) is 0 Å².